The van der Waals surface area contributed by atoms with E-state index in [9.17, 15) is 9.59 Å². The number of halogens is 1. The number of ketones is 1. The molecule has 0 bridgehead atoms. The number of hydrogen-bond donors (Lipinski definition) is 1. The second-order valence-corrected chi connectivity index (χ2v) is 4.85. The molecule has 0 heterocycles. The lowest BCUT2D eigenvalue weighted by molar-refractivity contribution is -0.136. The summed E-state index contributed by atoms with van der Waals surface area (Å²) in [5, 5.41) is 8.61. The molecule has 0 saturated carbocycles. The molecular weight excluding hydrogens is 272 g/mol. The van der Waals surface area contributed by atoms with E-state index < -0.39 is 10.8 Å². The third-order valence-corrected chi connectivity index (χ3v) is 3.03. The van der Waals surface area contributed by atoms with Crippen molar-refractivity contribution >= 4 is 27.7 Å². The number of rotatable bonds is 4. The average molecular weight is 285 g/mol. The fraction of sp³-hybridized carbons (Fsp3) is 0.333. The molecule has 86 valence electrons. The van der Waals surface area contributed by atoms with Gasteiger partial charge >= 0.3 is 5.97 Å². The number of carboxylic acid groups (broad SMARTS) is 1. The third-order valence-electron chi connectivity index (χ3n) is 2.29. The Morgan fingerprint density at radius 2 is 2.00 bits per heavy atom. The van der Waals surface area contributed by atoms with Crippen LogP contribution in [0.5, 0.6) is 0 Å². The van der Waals surface area contributed by atoms with Gasteiger partial charge in [-0.3, -0.25) is 9.59 Å². The first kappa shape index (κ1) is 12.9. The Morgan fingerprint density at radius 3 is 2.50 bits per heavy atom. The second-order valence-electron chi connectivity index (χ2n) is 3.75. The summed E-state index contributed by atoms with van der Waals surface area (Å²) in [7, 11) is 0. The van der Waals surface area contributed by atoms with E-state index in [-0.39, 0.29) is 12.2 Å². The lowest BCUT2D eigenvalue weighted by atomic mass is 9.99. The summed E-state index contributed by atoms with van der Waals surface area (Å²) in [5.74, 6) is -1.17. The van der Waals surface area contributed by atoms with Crippen molar-refractivity contribution in [2.24, 2.45) is 0 Å². The smallest absolute Gasteiger partial charge is 0.304 e. The van der Waals surface area contributed by atoms with Gasteiger partial charge in [-0.05, 0) is 19.4 Å². The van der Waals surface area contributed by atoms with Crippen molar-refractivity contribution in [2.75, 3.05) is 0 Å². The van der Waals surface area contributed by atoms with Crippen molar-refractivity contribution in [2.45, 2.75) is 25.1 Å². The highest BCUT2D eigenvalue weighted by Crippen LogP contribution is 2.18. The highest BCUT2D eigenvalue weighted by molar-refractivity contribution is 9.10. The SMILES string of the molecule is Cc1ccc(C(=O)[C@@H](Br)CC(=O)O)c(C)c1. The molecule has 0 spiro atoms. The number of alkyl halides is 1. The standard InChI is InChI=1S/C12H13BrO3/c1-7-3-4-9(8(2)5-7)12(16)10(13)6-11(14)15/h3-5,10H,6H2,1-2H3,(H,14,15)/t10-/m0/s1. The summed E-state index contributed by atoms with van der Waals surface area (Å²) in [6.07, 6.45) is -0.202. The number of aliphatic carboxylic acids is 1. The Kier molecular flexibility index (Phi) is 4.24. The molecule has 0 amide bonds. The molecular formula is C12H13BrO3. The predicted octanol–water partition coefficient (Wildman–Crippen LogP) is 2.72. The summed E-state index contributed by atoms with van der Waals surface area (Å²) in [5.41, 5.74) is 2.53. The molecule has 0 fully saturated rings. The molecule has 0 unspecified atom stereocenters. The van der Waals surface area contributed by atoms with Crippen molar-refractivity contribution in [1.29, 1.82) is 0 Å². The van der Waals surface area contributed by atoms with Crippen LogP contribution in [0.1, 0.15) is 27.9 Å². The van der Waals surface area contributed by atoms with Crippen LogP contribution in [0, 0.1) is 13.8 Å². The van der Waals surface area contributed by atoms with Crippen molar-refractivity contribution in [3.8, 4) is 0 Å². The molecule has 1 rings (SSSR count). The van der Waals surface area contributed by atoms with Crippen LogP contribution in [0.4, 0.5) is 0 Å². The van der Waals surface area contributed by atoms with Crippen molar-refractivity contribution in [3.05, 3.63) is 34.9 Å². The highest BCUT2D eigenvalue weighted by atomic mass is 79.9. The monoisotopic (exact) mass is 284 g/mol. The van der Waals surface area contributed by atoms with E-state index in [1.807, 2.05) is 26.0 Å². The van der Waals surface area contributed by atoms with E-state index in [1.165, 1.54) is 0 Å². The van der Waals surface area contributed by atoms with Gasteiger partial charge in [-0.2, -0.15) is 0 Å². The molecule has 1 aromatic rings. The van der Waals surface area contributed by atoms with Gasteiger partial charge in [0.1, 0.15) is 0 Å². The topological polar surface area (TPSA) is 54.4 Å². The Morgan fingerprint density at radius 1 is 1.38 bits per heavy atom. The predicted molar refractivity (Wildman–Crippen MR) is 65.2 cm³/mol. The van der Waals surface area contributed by atoms with Crippen LogP contribution < -0.4 is 0 Å². The van der Waals surface area contributed by atoms with Crippen LogP contribution in [-0.4, -0.2) is 21.7 Å². The molecule has 16 heavy (non-hydrogen) atoms. The minimum absolute atomic E-state index is 0.181. The van der Waals surface area contributed by atoms with Crippen molar-refractivity contribution in [1.82, 2.24) is 0 Å². The first-order valence-corrected chi connectivity index (χ1v) is 5.80. The lowest BCUT2D eigenvalue weighted by Gasteiger charge is -2.09. The number of Topliss-reactive ketones (excluding diaryl/α,β-unsaturated/α-hetero) is 1. The molecule has 0 radical (unpaired) electrons. The minimum atomic E-state index is -0.986. The van der Waals surface area contributed by atoms with E-state index in [4.69, 9.17) is 5.11 Å². The van der Waals surface area contributed by atoms with Crippen LogP contribution in [0.15, 0.2) is 18.2 Å². The summed E-state index contributed by atoms with van der Waals surface area (Å²) >= 11 is 3.10. The van der Waals surface area contributed by atoms with Gasteiger partial charge in [0, 0.05) is 5.56 Å². The quantitative estimate of drug-likeness (QED) is 0.683. The number of hydrogen-bond acceptors (Lipinski definition) is 2. The Hall–Kier alpha value is -1.16. The van der Waals surface area contributed by atoms with Gasteiger partial charge in [0.2, 0.25) is 0 Å². The number of carbonyl (C=O) groups is 2. The van der Waals surface area contributed by atoms with Crippen LogP contribution in [0.3, 0.4) is 0 Å². The summed E-state index contributed by atoms with van der Waals surface area (Å²) in [6, 6.07) is 5.50. The molecule has 1 atom stereocenters. The van der Waals surface area contributed by atoms with E-state index in [0.717, 1.165) is 11.1 Å². The maximum absolute atomic E-state index is 11.9. The molecule has 0 aliphatic carbocycles. The van der Waals surface area contributed by atoms with Gasteiger partial charge < -0.3 is 5.11 Å². The zero-order chi connectivity index (χ0) is 12.3. The summed E-state index contributed by atoms with van der Waals surface area (Å²) < 4.78 is 0. The normalized spacial score (nSPS) is 12.2. The Labute approximate surface area is 103 Å². The van der Waals surface area contributed by atoms with E-state index in [0.29, 0.717) is 5.56 Å². The van der Waals surface area contributed by atoms with Gasteiger partial charge in [-0.25, -0.2) is 0 Å². The fourth-order valence-corrected chi connectivity index (χ4v) is 2.03. The minimum Gasteiger partial charge on any atom is -0.481 e. The van der Waals surface area contributed by atoms with Crippen LogP contribution >= 0.6 is 15.9 Å². The van der Waals surface area contributed by atoms with Crippen molar-refractivity contribution < 1.29 is 14.7 Å². The average Bonchev–Trinajstić information content (AvgIpc) is 2.15. The molecule has 0 aromatic heterocycles. The maximum Gasteiger partial charge on any atom is 0.304 e. The molecule has 1 aromatic carbocycles. The van der Waals surface area contributed by atoms with Gasteiger partial charge in [-0.15, -0.1) is 0 Å². The van der Waals surface area contributed by atoms with Gasteiger partial charge in [-0.1, -0.05) is 39.7 Å². The van der Waals surface area contributed by atoms with E-state index in [2.05, 4.69) is 15.9 Å². The molecule has 1 N–H and O–H groups in total. The van der Waals surface area contributed by atoms with Crippen LogP contribution in [0.2, 0.25) is 0 Å². The first-order chi connectivity index (χ1) is 7.41. The second kappa shape index (κ2) is 5.25. The van der Waals surface area contributed by atoms with E-state index >= 15 is 0 Å². The molecule has 3 nitrogen and oxygen atoms in total. The Bertz CT molecular complexity index is 426. The number of benzene rings is 1. The molecule has 0 aliphatic rings. The van der Waals surface area contributed by atoms with Crippen LogP contribution in [0.25, 0.3) is 0 Å². The molecule has 0 aliphatic heterocycles. The van der Waals surface area contributed by atoms with E-state index in [1.54, 1.807) is 6.07 Å². The maximum atomic E-state index is 11.9. The number of carbonyl (C=O) groups excluding carboxylic acids is 1. The number of aryl methyl sites for hydroxylation is 2. The van der Waals surface area contributed by atoms with Gasteiger partial charge in [0.05, 0.1) is 11.2 Å². The first-order valence-electron chi connectivity index (χ1n) is 4.89. The summed E-state index contributed by atoms with van der Waals surface area (Å²) in [4.78, 5) is 21.7. The van der Waals surface area contributed by atoms with Crippen molar-refractivity contribution in [3.63, 3.8) is 0 Å². The lowest BCUT2D eigenvalue weighted by Crippen LogP contribution is -2.19. The molecule has 0 saturated heterocycles. The fourth-order valence-electron chi connectivity index (χ4n) is 1.50. The third kappa shape index (κ3) is 3.17. The zero-order valence-electron chi connectivity index (χ0n) is 9.16. The number of carboxylic acids is 1. The van der Waals surface area contributed by atoms with Gasteiger partial charge in [0.25, 0.3) is 0 Å². The summed E-state index contributed by atoms with van der Waals surface area (Å²) in [6.45, 7) is 3.80. The highest BCUT2D eigenvalue weighted by Gasteiger charge is 2.21. The molecule has 4 heteroatoms. The Balaban J connectivity index is 2.92. The largest absolute Gasteiger partial charge is 0.481 e. The van der Waals surface area contributed by atoms with Crippen LogP contribution in [-0.2, 0) is 4.79 Å². The zero-order valence-corrected chi connectivity index (χ0v) is 10.7. The van der Waals surface area contributed by atoms with Gasteiger partial charge in [0.15, 0.2) is 5.78 Å².